The normalized spacial score (nSPS) is 11.6. The van der Waals surface area contributed by atoms with Gasteiger partial charge in [0.05, 0.1) is 6.61 Å². The minimum absolute atomic E-state index is 0.223. The molecule has 0 aromatic carbocycles. The van der Waals surface area contributed by atoms with Crippen LogP contribution in [0.3, 0.4) is 0 Å². The molecular formula is C5H8O2S. The molecular weight excluding hydrogens is 124 g/mol. The van der Waals surface area contributed by atoms with Crippen LogP contribution < -0.4 is 0 Å². The molecule has 0 aliphatic carbocycles. The third kappa shape index (κ3) is 2.14. The number of thiol groups is 1. The third-order valence-corrected chi connectivity index (χ3v) is 1.08. The molecule has 0 spiro atoms. The van der Waals surface area contributed by atoms with Gasteiger partial charge >= 0.3 is 0 Å². The van der Waals surface area contributed by atoms with Crippen molar-refractivity contribution >= 4 is 17.7 Å². The minimum atomic E-state index is -0.366. The van der Waals surface area contributed by atoms with Crippen molar-refractivity contribution in [2.24, 2.45) is 0 Å². The Kier molecular flexibility index (Phi) is 3.56. The molecule has 1 N–H and O–H groups in total. The summed E-state index contributed by atoms with van der Waals surface area (Å²) >= 11 is 3.49. The van der Waals surface area contributed by atoms with E-state index in [1.54, 1.807) is 6.92 Å². The summed E-state index contributed by atoms with van der Waals surface area (Å²) in [5, 5.41) is 7.99. The summed E-state index contributed by atoms with van der Waals surface area (Å²) in [6.45, 7) is 1.46. The Morgan fingerprint density at radius 2 is 2.38 bits per heavy atom. The zero-order valence-electron chi connectivity index (χ0n) is 4.59. The van der Waals surface area contributed by atoms with Gasteiger partial charge in [0.2, 0.25) is 5.12 Å². The topological polar surface area (TPSA) is 37.3 Å². The Morgan fingerprint density at radius 3 is 2.38 bits per heavy atom. The fraction of sp³-hybridized carbons (Fsp3) is 0.400. The fourth-order valence-electron chi connectivity index (χ4n) is 0.282. The molecule has 0 fully saturated rings. The van der Waals surface area contributed by atoms with Crippen LogP contribution in [0, 0.1) is 0 Å². The van der Waals surface area contributed by atoms with E-state index in [1.165, 1.54) is 6.08 Å². The van der Waals surface area contributed by atoms with Crippen LogP contribution in [-0.2, 0) is 4.79 Å². The van der Waals surface area contributed by atoms with Crippen LogP contribution in [0.5, 0.6) is 0 Å². The molecule has 0 aliphatic rings. The maximum atomic E-state index is 10.2. The maximum absolute atomic E-state index is 10.2. The highest BCUT2D eigenvalue weighted by atomic mass is 32.1. The van der Waals surface area contributed by atoms with E-state index in [1.807, 2.05) is 0 Å². The number of rotatable bonds is 2. The monoisotopic (exact) mass is 132 g/mol. The molecule has 0 aliphatic heterocycles. The first-order chi connectivity index (χ1) is 3.72. The van der Waals surface area contributed by atoms with Crippen LogP contribution in [0.2, 0.25) is 0 Å². The number of allylic oxidation sites excluding steroid dienone is 1. The lowest BCUT2D eigenvalue weighted by molar-refractivity contribution is -0.108. The summed E-state index contributed by atoms with van der Waals surface area (Å²) in [6, 6.07) is 0. The Morgan fingerprint density at radius 1 is 1.88 bits per heavy atom. The van der Waals surface area contributed by atoms with Crippen molar-refractivity contribution in [1.29, 1.82) is 0 Å². The van der Waals surface area contributed by atoms with Crippen LogP contribution >= 0.6 is 12.6 Å². The lowest BCUT2D eigenvalue weighted by Crippen LogP contribution is -1.97. The van der Waals surface area contributed by atoms with E-state index in [0.29, 0.717) is 5.57 Å². The summed E-state index contributed by atoms with van der Waals surface area (Å²) in [7, 11) is 0. The first-order valence-corrected chi connectivity index (χ1v) is 2.66. The molecule has 0 radical (unpaired) electrons. The summed E-state index contributed by atoms with van der Waals surface area (Å²) in [5.41, 5.74) is 0.341. The number of carbonyl (C=O) groups is 1. The molecule has 3 heteroatoms. The van der Waals surface area contributed by atoms with Crippen molar-refractivity contribution in [1.82, 2.24) is 0 Å². The van der Waals surface area contributed by atoms with Crippen molar-refractivity contribution in [3.8, 4) is 0 Å². The molecule has 0 aromatic rings. The van der Waals surface area contributed by atoms with Gasteiger partial charge in [0.15, 0.2) is 0 Å². The SMILES string of the molecule is CC=C(CO)C(=O)S. The highest BCUT2D eigenvalue weighted by Gasteiger charge is 1.98. The van der Waals surface area contributed by atoms with Gasteiger partial charge < -0.3 is 5.11 Å². The standard InChI is InChI=1S/C5H8O2S/c1-2-4(3-6)5(7)8/h2,6H,3H2,1H3,(H,7,8). The van der Waals surface area contributed by atoms with Crippen LogP contribution in [0.4, 0.5) is 0 Å². The predicted octanol–water partition coefficient (Wildman–Crippen LogP) is 0.381. The van der Waals surface area contributed by atoms with E-state index >= 15 is 0 Å². The van der Waals surface area contributed by atoms with Gasteiger partial charge in [-0.25, -0.2) is 0 Å². The second-order valence-electron chi connectivity index (χ2n) is 1.28. The highest BCUT2D eigenvalue weighted by Crippen LogP contribution is 1.96. The molecule has 0 amide bonds. The van der Waals surface area contributed by atoms with Crippen LogP contribution in [0.1, 0.15) is 6.92 Å². The van der Waals surface area contributed by atoms with Gasteiger partial charge in [-0.3, -0.25) is 4.79 Å². The third-order valence-electron chi connectivity index (χ3n) is 0.794. The summed E-state index contributed by atoms with van der Waals surface area (Å²) in [5.74, 6) is 0. The van der Waals surface area contributed by atoms with Gasteiger partial charge in [-0.2, -0.15) is 0 Å². The van der Waals surface area contributed by atoms with E-state index in [9.17, 15) is 4.79 Å². The summed E-state index contributed by atoms with van der Waals surface area (Å²) < 4.78 is 0. The van der Waals surface area contributed by atoms with E-state index in [2.05, 4.69) is 12.6 Å². The van der Waals surface area contributed by atoms with E-state index in [0.717, 1.165) is 0 Å². The van der Waals surface area contributed by atoms with Crippen LogP contribution in [-0.4, -0.2) is 16.8 Å². The Bertz CT molecular complexity index is 118. The molecule has 8 heavy (non-hydrogen) atoms. The van der Waals surface area contributed by atoms with Gasteiger partial charge in [-0.15, -0.1) is 12.6 Å². The van der Waals surface area contributed by atoms with Gasteiger partial charge in [-0.05, 0) is 6.92 Å². The van der Waals surface area contributed by atoms with E-state index in [4.69, 9.17) is 5.11 Å². The van der Waals surface area contributed by atoms with Crippen molar-refractivity contribution in [2.45, 2.75) is 6.92 Å². The molecule has 2 nitrogen and oxygen atoms in total. The van der Waals surface area contributed by atoms with Gasteiger partial charge in [0, 0.05) is 5.57 Å². The number of hydrogen-bond donors (Lipinski definition) is 2. The number of aliphatic hydroxyl groups excluding tert-OH is 1. The molecule has 0 unspecified atom stereocenters. The van der Waals surface area contributed by atoms with Crippen molar-refractivity contribution in [2.75, 3.05) is 6.61 Å². The molecule has 0 saturated heterocycles. The first kappa shape index (κ1) is 7.72. The zero-order valence-corrected chi connectivity index (χ0v) is 5.48. The average Bonchev–Trinajstić information content (AvgIpc) is 1.69. The van der Waals surface area contributed by atoms with Crippen molar-refractivity contribution < 1.29 is 9.90 Å². The van der Waals surface area contributed by atoms with E-state index < -0.39 is 0 Å². The number of carbonyl (C=O) groups excluding carboxylic acids is 1. The summed E-state index contributed by atoms with van der Waals surface area (Å²) in [4.78, 5) is 10.2. The Balaban J connectivity index is 3.92. The minimum Gasteiger partial charge on any atom is -0.392 e. The lowest BCUT2D eigenvalue weighted by atomic mass is 10.3. The smallest absolute Gasteiger partial charge is 0.214 e. The second-order valence-corrected chi connectivity index (χ2v) is 1.68. The first-order valence-electron chi connectivity index (χ1n) is 2.21. The van der Waals surface area contributed by atoms with Crippen LogP contribution in [0.25, 0.3) is 0 Å². The maximum Gasteiger partial charge on any atom is 0.214 e. The van der Waals surface area contributed by atoms with Crippen LogP contribution in [0.15, 0.2) is 11.6 Å². The summed E-state index contributed by atoms with van der Waals surface area (Å²) in [6.07, 6.45) is 1.54. The molecule has 0 heterocycles. The van der Waals surface area contributed by atoms with Crippen molar-refractivity contribution in [3.05, 3.63) is 11.6 Å². The predicted molar refractivity (Wildman–Crippen MR) is 34.8 cm³/mol. The number of hydrogen-bond acceptors (Lipinski definition) is 2. The van der Waals surface area contributed by atoms with E-state index in [-0.39, 0.29) is 11.7 Å². The largest absolute Gasteiger partial charge is 0.392 e. The quantitative estimate of drug-likeness (QED) is 0.421. The number of aliphatic hydroxyl groups is 1. The average molecular weight is 132 g/mol. The molecule has 46 valence electrons. The Labute approximate surface area is 53.6 Å². The molecule has 0 bridgehead atoms. The molecule has 0 rings (SSSR count). The van der Waals surface area contributed by atoms with Gasteiger partial charge in [0.25, 0.3) is 0 Å². The van der Waals surface area contributed by atoms with Gasteiger partial charge in [0.1, 0.15) is 0 Å². The van der Waals surface area contributed by atoms with Gasteiger partial charge in [-0.1, -0.05) is 6.08 Å². The lowest BCUT2D eigenvalue weighted by Gasteiger charge is -1.91. The fourth-order valence-corrected chi connectivity index (χ4v) is 0.482. The zero-order chi connectivity index (χ0) is 6.57. The Hall–Kier alpha value is -0.280. The highest BCUT2D eigenvalue weighted by molar-refractivity contribution is 7.97. The second kappa shape index (κ2) is 3.69. The molecule has 0 atom stereocenters. The van der Waals surface area contributed by atoms with Crippen molar-refractivity contribution in [3.63, 3.8) is 0 Å². The molecule has 0 saturated carbocycles. The molecule has 0 aromatic heterocycles.